The smallest absolute Gasteiger partial charge is 0.329 e. The van der Waals surface area contributed by atoms with E-state index in [0.29, 0.717) is 6.42 Å². The second-order valence-electron chi connectivity index (χ2n) is 2.85. The monoisotopic (exact) mass is 141 g/mol. The van der Waals surface area contributed by atoms with Crippen molar-refractivity contribution in [2.24, 2.45) is 0 Å². The molecule has 0 spiro atoms. The fourth-order valence-corrected chi connectivity index (χ4v) is 1.04. The Hall–Kier alpha value is -0.990. The first-order chi connectivity index (χ1) is 4.54. The van der Waals surface area contributed by atoms with E-state index in [1.54, 1.807) is 6.92 Å². The van der Waals surface area contributed by atoms with Gasteiger partial charge in [0, 0.05) is 12.1 Å². The van der Waals surface area contributed by atoms with Gasteiger partial charge in [0.2, 0.25) is 0 Å². The van der Waals surface area contributed by atoms with Gasteiger partial charge in [-0.1, -0.05) is 6.08 Å². The van der Waals surface area contributed by atoms with Gasteiger partial charge in [0.25, 0.3) is 0 Å². The quantitative estimate of drug-likeness (QED) is 0.566. The summed E-state index contributed by atoms with van der Waals surface area (Å²) < 4.78 is 0. The number of hydrogen-bond donors (Lipinski definition) is 2. The molecule has 0 saturated heterocycles. The second-order valence-corrected chi connectivity index (χ2v) is 2.85. The summed E-state index contributed by atoms with van der Waals surface area (Å²) in [5.41, 5.74) is 0.189. The van der Waals surface area contributed by atoms with Crippen LogP contribution in [0.25, 0.3) is 0 Å². The first-order valence-electron chi connectivity index (χ1n) is 3.23. The zero-order valence-electron chi connectivity index (χ0n) is 6.14. The maximum atomic E-state index is 10.6. The molecule has 0 fully saturated rings. The third-order valence-corrected chi connectivity index (χ3v) is 1.76. The first kappa shape index (κ1) is 7.12. The summed E-state index contributed by atoms with van der Waals surface area (Å²) >= 11 is 0. The van der Waals surface area contributed by atoms with Crippen LogP contribution >= 0.6 is 0 Å². The van der Waals surface area contributed by atoms with Crippen LogP contribution < -0.4 is 5.32 Å². The Kier molecular flexibility index (Phi) is 1.43. The van der Waals surface area contributed by atoms with Gasteiger partial charge >= 0.3 is 5.97 Å². The number of allylic oxidation sites excluding steroid dienone is 1. The number of aliphatic carboxylic acids is 1. The fourth-order valence-electron chi connectivity index (χ4n) is 1.04. The van der Waals surface area contributed by atoms with Gasteiger partial charge in [-0.3, -0.25) is 0 Å². The van der Waals surface area contributed by atoms with Crippen LogP contribution in [-0.2, 0) is 4.79 Å². The maximum absolute atomic E-state index is 10.6. The largest absolute Gasteiger partial charge is 0.480 e. The summed E-state index contributed by atoms with van der Waals surface area (Å²) in [5, 5.41) is 11.6. The molecule has 0 bridgehead atoms. The van der Waals surface area contributed by atoms with Gasteiger partial charge in [-0.05, 0) is 13.8 Å². The summed E-state index contributed by atoms with van der Waals surface area (Å²) in [6.45, 7) is 3.55. The number of carbonyl (C=O) groups is 1. The topological polar surface area (TPSA) is 49.3 Å². The van der Waals surface area contributed by atoms with Crippen LogP contribution in [0.3, 0.4) is 0 Å². The van der Waals surface area contributed by atoms with Crippen molar-refractivity contribution in [2.45, 2.75) is 25.8 Å². The van der Waals surface area contributed by atoms with E-state index in [9.17, 15) is 4.79 Å². The summed E-state index contributed by atoms with van der Waals surface area (Å²) in [7, 11) is 0. The highest BCUT2D eigenvalue weighted by atomic mass is 16.4. The van der Waals surface area contributed by atoms with E-state index < -0.39 is 11.5 Å². The molecule has 1 unspecified atom stereocenters. The molecule has 0 radical (unpaired) electrons. The average Bonchev–Trinajstić information content (AvgIpc) is 2.13. The first-order valence-corrected chi connectivity index (χ1v) is 3.23. The molecule has 10 heavy (non-hydrogen) atoms. The highest BCUT2D eigenvalue weighted by Gasteiger charge is 2.34. The highest BCUT2D eigenvalue weighted by molar-refractivity contribution is 5.79. The van der Waals surface area contributed by atoms with Crippen molar-refractivity contribution in [1.29, 1.82) is 0 Å². The van der Waals surface area contributed by atoms with E-state index in [2.05, 4.69) is 5.32 Å². The molecule has 3 nitrogen and oxygen atoms in total. The molecule has 1 rings (SSSR count). The van der Waals surface area contributed by atoms with Gasteiger partial charge in [0.1, 0.15) is 5.54 Å². The lowest BCUT2D eigenvalue weighted by molar-refractivity contribution is -0.143. The molecule has 1 aliphatic heterocycles. The fraction of sp³-hybridized carbons (Fsp3) is 0.571. The van der Waals surface area contributed by atoms with Crippen molar-refractivity contribution >= 4 is 5.97 Å². The van der Waals surface area contributed by atoms with Gasteiger partial charge in [0.05, 0.1) is 0 Å². The van der Waals surface area contributed by atoms with Gasteiger partial charge in [0.15, 0.2) is 0 Å². The molecular formula is C7H11NO2. The second kappa shape index (κ2) is 2.01. The zero-order chi connectivity index (χ0) is 7.78. The van der Waals surface area contributed by atoms with Gasteiger partial charge < -0.3 is 10.4 Å². The van der Waals surface area contributed by atoms with Crippen LogP contribution in [0.15, 0.2) is 11.8 Å². The van der Waals surface area contributed by atoms with E-state index in [4.69, 9.17) is 5.11 Å². The van der Waals surface area contributed by atoms with E-state index in [0.717, 1.165) is 5.70 Å². The molecule has 0 saturated carbocycles. The van der Waals surface area contributed by atoms with Gasteiger partial charge in [-0.25, -0.2) is 4.79 Å². The number of rotatable bonds is 1. The molecule has 0 aliphatic carbocycles. The third-order valence-electron chi connectivity index (χ3n) is 1.76. The lowest BCUT2D eigenvalue weighted by Crippen LogP contribution is -2.44. The normalized spacial score (nSPS) is 31.2. The molecule has 2 N–H and O–H groups in total. The molecule has 0 amide bonds. The van der Waals surface area contributed by atoms with Gasteiger partial charge in [-0.2, -0.15) is 0 Å². The van der Waals surface area contributed by atoms with Crippen molar-refractivity contribution in [2.75, 3.05) is 0 Å². The third kappa shape index (κ3) is 0.988. The van der Waals surface area contributed by atoms with Crippen molar-refractivity contribution in [3.8, 4) is 0 Å². The average molecular weight is 141 g/mol. The highest BCUT2D eigenvalue weighted by Crippen LogP contribution is 2.19. The van der Waals surface area contributed by atoms with Crippen LogP contribution in [0, 0.1) is 0 Å². The molecule has 56 valence electrons. The maximum Gasteiger partial charge on any atom is 0.329 e. The van der Waals surface area contributed by atoms with Crippen LogP contribution in [0.5, 0.6) is 0 Å². The molecular weight excluding hydrogens is 130 g/mol. The summed E-state index contributed by atoms with van der Waals surface area (Å²) in [6.07, 6.45) is 2.47. The van der Waals surface area contributed by atoms with E-state index in [1.165, 1.54) is 0 Å². The summed E-state index contributed by atoms with van der Waals surface area (Å²) in [6, 6.07) is 0. The van der Waals surface area contributed by atoms with Crippen molar-refractivity contribution in [3.05, 3.63) is 11.8 Å². The summed E-state index contributed by atoms with van der Waals surface area (Å²) in [4.78, 5) is 10.6. The zero-order valence-corrected chi connectivity index (χ0v) is 6.14. The van der Waals surface area contributed by atoms with Crippen molar-refractivity contribution < 1.29 is 9.90 Å². The van der Waals surface area contributed by atoms with E-state index in [-0.39, 0.29) is 0 Å². The Balaban J connectivity index is 2.70. The van der Waals surface area contributed by atoms with Crippen molar-refractivity contribution in [1.82, 2.24) is 5.32 Å². The van der Waals surface area contributed by atoms with Crippen LogP contribution in [0.2, 0.25) is 0 Å². The number of hydrogen-bond acceptors (Lipinski definition) is 2. The Bertz CT molecular complexity index is 198. The molecule has 1 atom stereocenters. The molecule has 1 aliphatic rings. The Morgan fingerprint density at radius 2 is 2.50 bits per heavy atom. The Morgan fingerprint density at radius 1 is 1.90 bits per heavy atom. The molecule has 0 aromatic heterocycles. The number of carboxylic acid groups (broad SMARTS) is 1. The lowest BCUT2D eigenvalue weighted by atomic mass is 10.0. The minimum atomic E-state index is -0.791. The molecule has 1 heterocycles. The van der Waals surface area contributed by atoms with E-state index in [1.807, 2.05) is 13.0 Å². The van der Waals surface area contributed by atoms with Crippen LogP contribution in [-0.4, -0.2) is 16.6 Å². The standard InChI is InChI=1S/C7H11NO2/c1-5-3-4-7(2,8-5)6(9)10/h3,8H,4H2,1-2H3,(H,9,10). The minimum absolute atomic E-state index is 0.578. The van der Waals surface area contributed by atoms with Crippen LogP contribution in [0.4, 0.5) is 0 Å². The van der Waals surface area contributed by atoms with Crippen LogP contribution in [0.1, 0.15) is 20.3 Å². The van der Waals surface area contributed by atoms with Gasteiger partial charge in [-0.15, -0.1) is 0 Å². The summed E-state index contributed by atoms with van der Waals surface area (Å²) in [5.74, 6) is -0.791. The van der Waals surface area contributed by atoms with Crippen molar-refractivity contribution in [3.63, 3.8) is 0 Å². The number of nitrogens with one attached hydrogen (secondary N) is 1. The predicted molar refractivity (Wildman–Crippen MR) is 37.6 cm³/mol. The molecule has 3 heteroatoms. The number of carboxylic acids is 1. The molecule has 0 aromatic carbocycles. The Labute approximate surface area is 59.7 Å². The predicted octanol–water partition coefficient (Wildman–Crippen LogP) is 0.727. The minimum Gasteiger partial charge on any atom is -0.480 e. The van der Waals surface area contributed by atoms with E-state index >= 15 is 0 Å². The molecule has 0 aromatic rings. The SMILES string of the molecule is CC1=CCC(C)(C(=O)O)N1. The lowest BCUT2D eigenvalue weighted by Gasteiger charge is -2.19. The Morgan fingerprint density at radius 3 is 2.70 bits per heavy atom.